The number of nitrogens with zero attached hydrogens (tertiary/aromatic N) is 2. The van der Waals surface area contributed by atoms with Crippen LogP contribution in [-0.4, -0.2) is 20.9 Å². The van der Waals surface area contributed by atoms with E-state index in [0.29, 0.717) is 0 Å². The molecule has 0 saturated carbocycles. The molecule has 1 N–H and O–H groups in total. The van der Waals surface area contributed by atoms with Crippen LogP contribution in [0.1, 0.15) is 10.4 Å². The highest BCUT2D eigenvalue weighted by molar-refractivity contribution is 6.15. The van der Waals surface area contributed by atoms with Crippen molar-refractivity contribution in [3.8, 4) is 0 Å². The van der Waals surface area contributed by atoms with Gasteiger partial charge in [-0.25, -0.2) is 4.79 Å². The largest absolute Gasteiger partial charge is 0.478 e. The van der Waals surface area contributed by atoms with Gasteiger partial charge in [0, 0.05) is 6.20 Å². The van der Waals surface area contributed by atoms with Crippen molar-refractivity contribution in [3.05, 3.63) is 18.0 Å². The van der Waals surface area contributed by atoms with E-state index in [2.05, 4.69) is 5.10 Å². The zero-order chi connectivity index (χ0) is 7.56. The molecule has 1 aromatic rings. The van der Waals surface area contributed by atoms with Gasteiger partial charge in [-0.3, -0.25) is 4.68 Å². The van der Waals surface area contributed by atoms with E-state index in [9.17, 15) is 4.79 Å². The lowest BCUT2D eigenvalue weighted by molar-refractivity contribution is 0.0697. The van der Waals surface area contributed by atoms with E-state index in [1.54, 1.807) is 0 Å². The molecule has 0 radical (unpaired) electrons. The van der Waals surface area contributed by atoms with Gasteiger partial charge in [-0.2, -0.15) is 5.10 Å². The number of carboxylic acids is 1. The van der Waals surface area contributed by atoms with Crippen molar-refractivity contribution in [1.82, 2.24) is 9.78 Å². The van der Waals surface area contributed by atoms with E-state index in [-0.39, 0.29) is 11.6 Å². The second kappa shape index (κ2) is 2.70. The van der Waals surface area contributed by atoms with Crippen molar-refractivity contribution in [3.63, 3.8) is 0 Å². The predicted molar refractivity (Wildman–Crippen MR) is 35.0 cm³/mol. The number of carbonyl (C=O) groups is 1. The van der Waals surface area contributed by atoms with Crippen LogP contribution in [-0.2, 0) is 6.00 Å². The lowest BCUT2D eigenvalue weighted by atomic mass is 10.4. The van der Waals surface area contributed by atoms with Crippen molar-refractivity contribution in [1.29, 1.82) is 0 Å². The van der Waals surface area contributed by atoms with Crippen molar-refractivity contribution < 1.29 is 9.90 Å². The Morgan fingerprint density at radius 3 is 2.90 bits per heavy atom. The molecule has 0 aliphatic rings. The van der Waals surface area contributed by atoms with Gasteiger partial charge in [0.1, 0.15) is 6.00 Å². The normalized spacial score (nSPS) is 9.70. The zero-order valence-electron chi connectivity index (χ0n) is 4.99. The van der Waals surface area contributed by atoms with Crippen molar-refractivity contribution >= 4 is 17.6 Å². The third-order valence-electron chi connectivity index (χ3n) is 1.00. The Labute approximate surface area is 62.0 Å². The summed E-state index contributed by atoms with van der Waals surface area (Å²) in [6, 6.07) is 0.174. The van der Waals surface area contributed by atoms with Crippen LogP contribution in [0.5, 0.6) is 0 Å². The molecule has 0 amide bonds. The number of hydrogen-bond acceptors (Lipinski definition) is 2. The number of carboxylic acid groups (broad SMARTS) is 1. The summed E-state index contributed by atoms with van der Waals surface area (Å²) in [5, 5.41) is 12.1. The molecule has 0 atom stereocenters. The van der Waals surface area contributed by atoms with Crippen molar-refractivity contribution in [2.24, 2.45) is 0 Å². The first-order valence-electron chi connectivity index (χ1n) is 2.55. The number of hydrogen-bond donors (Lipinski definition) is 1. The molecule has 1 rings (SSSR count). The summed E-state index contributed by atoms with van der Waals surface area (Å²) in [4.78, 5) is 10.2. The van der Waals surface area contributed by atoms with Gasteiger partial charge in [0.15, 0.2) is 0 Å². The zero-order valence-corrected chi connectivity index (χ0v) is 5.75. The fraction of sp³-hybridized carbons (Fsp3) is 0.200. The molecule has 1 heterocycles. The Hall–Kier alpha value is -1.03. The monoisotopic (exact) mass is 160 g/mol. The van der Waals surface area contributed by atoms with Crippen LogP contribution >= 0.6 is 11.6 Å². The highest BCUT2D eigenvalue weighted by Crippen LogP contribution is 1.97. The van der Waals surface area contributed by atoms with Crippen LogP contribution in [0.3, 0.4) is 0 Å². The average Bonchev–Trinajstić information content (AvgIpc) is 2.34. The highest BCUT2D eigenvalue weighted by Gasteiger charge is 2.03. The summed E-state index contributed by atoms with van der Waals surface area (Å²) < 4.78 is 1.34. The van der Waals surface area contributed by atoms with Crippen LogP contribution in [0.2, 0.25) is 0 Å². The number of alkyl halides is 1. The van der Waals surface area contributed by atoms with E-state index in [0.717, 1.165) is 0 Å². The highest BCUT2D eigenvalue weighted by atomic mass is 35.5. The van der Waals surface area contributed by atoms with Crippen molar-refractivity contribution in [2.75, 3.05) is 0 Å². The maximum absolute atomic E-state index is 10.2. The Morgan fingerprint density at radius 2 is 2.60 bits per heavy atom. The minimum absolute atomic E-state index is 0.153. The number of rotatable bonds is 2. The topological polar surface area (TPSA) is 55.1 Å². The van der Waals surface area contributed by atoms with Gasteiger partial charge in [-0.15, -0.1) is 11.6 Å². The van der Waals surface area contributed by atoms with Gasteiger partial charge in [-0.1, -0.05) is 0 Å². The first-order valence-corrected chi connectivity index (χ1v) is 3.09. The molecule has 0 spiro atoms. The predicted octanol–water partition coefficient (Wildman–Crippen LogP) is 0.778. The molecule has 54 valence electrons. The standard InChI is InChI=1S/C5H5ClN2O2/c6-3-8-2-4(1-7-8)5(9)10/h1-2H,3H2,(H,9,10). The molecule has 0 aliphatic carbocycles. The van der Waals surface area contributed by atoms with Gasteiger partial charge in [0.05, 0.1) is 11.8 Å². The van der Waals surface area contributed by atoms with E-state index in [1.165, 1.54) is 17.1 Å². The van der Waals surface area contributed by atoms with Gasteiger partial charge in [0.2, 0.25) is 0 Å². The first kappa shape index (κ1) is 7.08. The Morgan fingerprint density at radius 1 is 1.90 bits per heavy atom. The van der Waals surface area contributed by atoms with E-state index >= 15 is 0 Å². The number of aromatic nitrogens is 2. The van der Waals surface area contributed by atoms with Gasteiger partial charge in [0.25, 0.3) is 0 Å². The van der Waals surface area contributed by atoms with Crippen LogP contribution in [0.15, 0.2) is 12.4 Å². The molecule has 5 heteroatoms. The molecular formula is C5H5ClN2O2. The summed E-state index contributed by atoms with van der Waals surface area (Å²) in [5.74, 6) is -0.989. The minimum atomic E-state index is -0.989. The van der Waals surface area contributed by atoms with Crippen molar-refractivity contribution in [2.45, 2.75) is 6.00 Å². The lowest BCUT2D eigenvalue weighted by Gasteiger charge is -1.87. The number of halogens is 1. The molecule has 0 aromatic carbocycles. The fourth-order valence-corrected chi connectivity index (χ4v) is 0.670. The fourth-order valence-electron chi connectivity index (χ4n) is 0.539. The summed E-state index contributed by atoms with van der Waals surface area (Å²) in [6.07, 6.45) is 2.63. The van der Waals surface area contributed by atoms with E-state index in [4.69, 9.17) is 16.7 Å². The average molecular weight is 161 g/mol. The molecule has 0 aliphatic heterocycles. The SMILES string of the molecule is O=C(O)c1cnn(CCl)c1. The van der Waals surface area contributed by atoms with Gasteiger partial charge < -0.3 is 5.11 Å². The molecule has 1 aromatic heterocycles. The van der Waals surface area contributed by atoms with Gasteiger partial charge in [-0.05, 0) is 0 Å². The first-order chi connectivity index (χ1) is 4.74. The van der Waals surface area contributed by atoms with Crippen LogP contribution in [0.25, 0.3) is 0 Å². The second-order valence-corrected chi connectivity index (χ2v) is 1.93. The second-order valence-electron chi connectivity index (χ2n) is 1.69. The Bertz CT molecular complexity index is 246. The molecule has 0 unspecified atom stereocenters. The molecule has 10 heavy (non-hydrogen) atoms. The van der Waals surface area contributed by atoms with Crippen LogP contribution in [0, 0.1) is 0 Å². The maximum atomic E-state index is 10.2. The third kappa shape index (κ3) is 1.27. The summed E-state index contributed by atoms with van der Waals surface area (Å²) in [7, 11) is 0. The van der Waals surface area contributed by atoms with Crippen LogP contribution < -0.4 is 0 Å². The third-order valence-corrected chi connectivity index (χ3v) is 1.25. The molecule has 4 nitrogen and oxygen atoms in total. The molecule has 0 fully saturated rings. The molecule has 0 saturated heterocycles. The Kier molecular flexibility index (Phi) is 1.91. The van der Waals surface area contributed by atoms with E-state index in [1.807, 2.05) is 0 Å². The van der Waals surface area contributed by atoms with E-state index < -0.39 is 5.97 Å². The summed E-state index contributed by atoms with van der Waals surface area (Å²) >= 11 is 5.35. The molecule has 0 bridgehead atoms. The maximum Gasteiger partial charge on any atom is 0.338 e. The molecular weight excluding hydrogens is 156 g/mol. The summed E-state index contributed by atoms with van der Waals surface area (Å²) in [5.41, 5.74) is 0.153. The lowest BCUT2D eigenvalue weighted by Crippen LogP contribution is -1.94. The van der Waals surface area contributed by atoms with Crippen LogP contribution in [0.4, 0.5) is 0 Å². The quantitative estimate of drug-likeness (QED) is 0.651. The Balaban J connectivity index is 2.88. The number of aromatic carboxylic acids is 1. The minimum Gasteiger partial charge on any atom is -0.478 e. The van der Waals surface area contributed by atoms with Gasteiger partial charge >= 0.3 is 5.97 Å². The summed E-state index contributed by atoms with van der Waals surface area (Å²) in [6.45, 7) is 0. The smallest absolute Gasteiger partial charge is 0.338 e.